The van der Waals surface area contributed by atoms with Gasteiger partial charge in [-0.2, -0.15) is 0 Å². The highest BCUT2D eigenvalue weighted by Crippen LogP contribution is 2.33. The molecule has 138 valence electrons. The van der Waals surface area contributed by atoms with Crippen molar-refractivity contribution in [1.29, 1.82) is 0 Å². The number of Topliss-reactive ketones (excluding diaryl/α,β-unsaturated/α-hetero) is 4. The molecule has 4 heteroatoms. The van der Waals surface area contributed by atoms with E-state index in [9.17, 15) is 19.2 Å². The number of hydrogen-bond donors (Lipinski definition) is 0. The number of allylic oxidation sites excluding steroid dienone is 4. The van der Waals surface area contributed by atoms with Crippen LogP contribution in [0.1, 0.15) is 68.1 Å². The van der Waals surface area contributed by atoms with Crippen LogP contribution in [0, 0.1) is 0 Å². The number of benzene rings is 2. The van der Waals surface area contributed by atoms with Gasteiger partial charge >= 0.3 is 0 Å². The molecule has 0 unspecified atom stereocenters. The Hall–Kier alpha value is -3.40. The first-order valence-electron chi connectivity index (χ1n) is 9.18. The maximum atomic E-state index is 12.9. The minimum absolute atomic E-state index is 0.160. The predicted octanol–water partition coefficient (Wildman–Crippen LogP) is 4.56. The zero-order valence-corrected chi connectivity index (χ0v) is 15.7. The fourth-order valence-corrected chi connectivity index (χ4v) is 3.95. The average Bonchev–Trinajstić information content (AvgIpc) is 2.72. The number of hydrogen-bond acceptors (Lipinski definition) is 4. The fourth-order valence-electron chi connectivity index (χ4n) is 3.95. The maximum absolute atomic E-state index is 12.9. The predicted molar refractivity (Wildman–Crippen MR) is 105 cm³/mol. The molecule has 0 amide bonds. The van der Waals surface area contributed by atoms with E-state index in [2.05, 4.69) is 0 Å². The number of carbonyl (C=O) groups excluding carboxylic acids is 4. The van der Waals surface area contributed by atoms with Crippen LogP contribution in [-0.4, -0.2) is 23.1 Å². The fraction of sp³-hybridized carbons (Fsp3) is 0.167. The minimum Gasteiger partial charge on any atom is -0.289 e. The summed E-state index contributed by atoms with van der Waals surface area (Å²) in [5, 5.41) is 0. The topological polar surface area (TPSA) is 68.3 Å². The first kappa shape index (κ1) is 18.0. The highest BCUT2D eigenvalue weighted by atomic mass is 16.1. The standard InChI is InChI=1S/C24H18O4/c1-13-15(23(27)19-9-5-3-7-17(19)21(13)25)11-12-16-14(2)22(26)18-8-4-6-10-20(18)24(16)28/h3-10H,11-12H2,1-2H3. The van der Waals surface area contributed by atoms with Gasteiger partial charge in [0.1, 0.15) is 0 Å². The zero-order chi connectivity index (χ0) is 20.0. The molecule has 28 heavy (non-hydrogen) atoms. The smallest absolute Gasteiger partial charge is 0.190 e. The van der Waals surface area contributed by atoms with Crippen LogP contribution in [0.25, 0.3) is 0 Å². The van der Waals surface area contributed by atoms with Crippen LogP contribution < -0.4 is 0 Å². The Bertz CT molecular complexity index is 1050. The molecule has 0 fully saturated rings. The molecule has 0 radical (unpaired) electrons. The van der Waals surface area contributed by atoms with Crippen LogP contribution in [0.15, 0.2) is 70.8 Å². The lowest BCUT2D eigenvalue weighted by Crippen LogP contribution is -2.23. The molecule has 4 nitrogen and oxygen atoms in total. The molecule has 0 saturated heterocycles. The van der Waals surface area contributed by atoms with Gasteiger partial charge in [-0.15, -0.1) is 0 Å². The third-order valence-corrected chi connectivity index (χ3v) is 5.59. The van der Waals surface area contributed by atoms with Gasteiger partial charge in [0.25, 0.3) is 0 Å². The van der Waals surface area contributed by atoms with E-state index in [1.165, 1.54) is 0 Å². The van der Waals surface area contributed by atoms with Crippen molar-refractivity contribution in [3.63, 3.8) is 0 Å². The third kappa shape index (κ3) is 2.61. The molecular formula is C24H18O4. The van der Waals surface area contributed by atoms with Gasteiger partial charge in [0.05, 0.1) is 0 Å². The Morgan fingerprint density at radius 2 is 0.786 bits per heavy atom. The van der Waals surface area contributed by atoms with Gasteiger partial charge in [-0.25, -0.2) is 0 Å². The quantitative estimate of drug-likeness (QED) is 0.794. The minimum atomic E-state index is -0.180. The van der Waals surface area contributed by atoms with Crippen LogP contribution >= 0.6 is 0 Å². The summed E-state index contributed by atoms with van der Waals surface area (Å²) in [6.45, 7) is 3.30. The third-order valence-electron chi connectivity index (χ3n) is 5.59. The van der Waals surface area contributed by atoms with Crippen LogP contribution in [0.3, 0.4) is 0 Å². The van der Waals surface area contributed by atoms with E-state index in [0.717, 1.165) is 0 Å². The van der Waals surface area contributed by atoms with Gasteiger partial charge in [0.15, 0.2) is 23.1 Å². The summed E-state index contributed by atoms with van der Waals surface area (Å²) in [5.41, 5.74) is 3.30. The molecule has 0 N–H and O–H groups in total. The largest absolute Gasteiger partial charge is 0.289 e. The van der Waals surface area contributed by atoms with Crippen LogP contribution in [0.4, 0.5) is 0 Å². The van der Waals surface area contributed by atoms with Gasteiger partial charge in [-0.1, -0.05) is 48.5 Å². The van der Waals surface area contributed by atoms with E-state index >= 15 is 0 Å². The summed E-state index contributed by atoms with van der Waals surface area (Å²) < 4.78 is 0. The van der Waals surface area contributed by atoms with E-state index in [1.807, 2.05) is 0 Å². The van der Waals surface area contributed by atoms with Crippen molar-refractivity contribution in [2.75, 3.05) is 0 Å². The highest BCUT2D eigenvalue weighted by molar-refractivity contribution is 6.28. The lowest BCUT2D eigenvalue weighted by Gasteiger charge is -2.22. The molecule has 4 rings (SSSR count). The van der Waals surface area contributed by atoms with Gasteiger partial charge in [0.2, 0.25) is 0 Å². The van der Waals surface area contributed by atoms with Gasteiger partial charge < -0.3 is 0 Å². The van der Waals surface area contributed by atoms with Gasteiger partial charge in [-0.05, 0) is 26.7 Å². The van der Waals surface area contributed by atoms with Crippen molar-refractivity contribution >= 4 is 23.1 Å². The Kier molecular flexibility index (Phi) is 4.27. The zero-order valence-electron chi connectivity index (χ0n) is 15.7. The molecule has 2 aromatic rings. The average molecular weight is 370 g/mol. The molecule has 0 bridgehead atoms. The number of rotatable bonds is 3. The molecule has 0 heterocycles. The Morgan fingerprint density at radius 3 is 1.11 bits per heavy atom. The van der Waals surface area contributed by atoms with Crippen molar-refractivity contribution in [3.05, 3.63) is 93.1 Å². The molecule has 0 aliphatic heterocycles. The van der Waals surface area contributed by atoms with E-state index in [4.69, 9.17) is 0 Å². The molecule has 2 aromatic carbocycles. The van der Waals surface area contributed by atoms with Crippen molar-refractivity contribution in [2.45, 2.75) is 26.7 Å². The first-order valence-corrected chi connectivity index (χ1v) is 9.18. The lowest BCUT2D eigenvalue weighted by molar-refractivity contribution is 0.0965. The SMILES string of the molecule is CC1=C(CCC2=C(C)C(=O)c3ccccc3C2=O)C(=O)c2ccccc2C1=O. The van der Waals surface area contributed by atoms with Crippen molar-refractivity contribution in [1.82, 2.24) is 0 Å². The highest BCUT2D eigenvalue weighted by Gasteiger charge is 2.32. The van der Waals surface area contributed by atoms with E-state index in [1.54, 1.807) is 62.4 Å². The van der Waals surface area contributed by atoms with Crippen molar-refractivity contribution in [3.8, 4) is 0 Å². The summed E-state index contributed by atoms with van der Waals surface area (Å²) in [5.74, 6) is -0.679. The Balaban J connectivity index is 1.67. The second-order valence-corrected chi connectivity index (χ2v) is 7.11. The lowest BCUT2D eigenvalue weighted by atomic mass is 9.79. The number of fused-ring (bicyclic) bond motifs is 2. The summed E-state index contributed by atoms with van der Waals surface area (Å²) in [7, 11) is 0. The van der Waals surface area contributed by atoms with E-state index in [0.29, 0.717) is 44.5 Å². The monoisotopic (exact) mass is 370 g/mol. The van der Waals surface area contributed by atoms with Crippen molar-refractivity contribution < 1.29 is 19.2 Å². The van der Waals surface area contributed by atoms with Gasteiger partial charge in [0, 0.05) is 44.5 Å². The summed E-state index contributed by atoms with van der Waals surface area (Å²) >= 11 is 0. The molecule has 2 aliphatic carbocycles. The number of carbonyl (C=O) groups is 4. The van der Waals surface area contributed by atoms with Crippen molar-refractivity contribution in [2.24, 2.45) is 0 Å². The van der Waals surface area contributed by atoms with Crippen LogP contribution in [0.5, 0.6) is 0 Å². The maximum Gasteiger partial charge on any atom is 0.190 e. The first-order chi connectivity index (χ1) is 13.4. The second kappa shape index (κ2) is 6.64. The second-order valence-electron chi connectivity index (χ2n) is 7.11. The van der Waals surface area contributed by atoms with Gasteiger partial charge in [-0.3, -0.25) is 19.2 Å². The Labute approximate surface area is 162 Å². The summed E-state index contributed by atoms with van der Waals surface area (Å²) in [4.78, 5) is 51.0. The van der Waals surface area contributed by atoms with Crippen LogP contribution in [0.2, 0.25) is 0 Å². The molecule has 0 atom stereocenters. The normalized spacial score (nSPS) is 16.5. The number of ketones is 4. The van der Waals surface area contributed by atoms with Crippen LogP contribution in [-0.2, 0) is 0 Å². The molecule has 0 saturated carbocycles. The van der Waals surface area contributed by atoms with E-state index in [-0.39, 0.29) is 36.0 Å². The molecule has 2 aliphatic rings. The molecule has 0 spiro atoms. The summed E-state index contributed by atoms with van der Waals surface area (Å²) in [6.07, 6.45) is 0.497. The summed E-state index contributed by atoms with van der Waals surface area (Å²) in [6, 6.07) is 13.5. The van der Waals surface area contributed by atoms with E-state index < -0.39 is 0 Å². The molecular weight excluding hydrogens is 352 g/mol. The molecule has 0 aromatic heterocycles. The Morgan fingerprint density at radius 1 is 0.500 bits per heavy atom.